The molecule has 0 spiro atoms. The Bertz CT molecular complexity index is 466. The van der Waals surface area contributed by atoms with E-state index in [1.807, 2.05) is 12.1 Å². The zero-order valence-corrected chi connectivity index (χ0v) is 9.86. The molecule has 2 rings (SSSR count). The fourth-order valence-corrected chi connectivity index (χ4v) is 2.99. The number of halogens is 1. The topological polar surface area (TPSA) is 46.2 Å². The van der Waals surface area contributed by atoms with Gasteiger partial charge in [0.05, 0.1) is 6.61 Å². The number of hydrogen-bond acceptors (Lipinski definition) is 3. The Labute approximate surface area is 94.5 Å². The van der Waals surface area contributed by atoms with Crippen LogP contribution < -0.4 is 5.73 Å². The minimum Gasteiger partial charge on any atom is -0.398 e. The minimum atomic E-state index is 0.0685. The van der Waals surface area contributed by atoms with Crippen molar-refractivity contribution < 1.29 is 5.11 Å². The molecule has 0 radical (unpaired) electrons. The molecule has 0 aliphatic carbocycles. The van der Waals surface area contributed by atoms with Crippen LogP contribution in [0.25, 0.3) is 10.1 Å². The van der Waals surface area contributed by atoms with E-state index < -0.39 is 0 Å². The Kier molecular flexibility index (Phi) is 2.76. The summed E-state index contributed by atoms with van der Waals surface area (Å²) >= 11 is 5.09. The molecule has 4 heteroatoms. The molecule has 0 atom stereocenters. The van der Waals surface area contributed by atoms with Gasteiger partial charge in [-0.3, -0.25) is 0 Å². The van der Waals surface area contributed by atoms with E-state index in [2.05, 4.69) is 22.0 Å². The summed E-state index contributed by atoms with van der Waals surface area (Å²) in [6.07, 6.45) is 0. The predicted molar refractivity (Wildman–Crippen MR) is 64.8 cm³/mol. The first-order valence-corrected chi connectivity index (χ1v) is 6.16. The van der Waals surface area contributed by atoms with Crippen LogP contribution in [0.3, 0.4) is 0 Å². The Balaban J connectivity index is 2.74. The molecule has 1 heterocycles. The van der Waals surface area contributed by atoms with Gasteiger partial charge in [-0.25, -0.2) is 0 Å². The van der Waals surface area contributed by atoms with Crippen LogP contribution in [0.1, 0.15) is 10.4 Å². The number of aliphatic hydroxyl groups is 1. The molecule has 0 saturated carbocycles. The first-order valence-electron chi connectivity index (χ1n) is 4.23. The van der Waals surface area contributed by atoms with Gasteiger partial charge in [0.1, 0.15) is 0 Å². The Morgan fingerprint density at radius 3 is 2.86 bits per heavy atom. The lowest BCUT2D eigenvalue weighted by Gasteiger charge is -2.00. The van der Waals surface area contributed by atoms with Crippen molar-refractivity contribution in [3.8, 4) is 0 Å². The molecule has 0 bridgehead atoms. The van der Waals surface area contributed by atoms with E-state index in [4.69, 9.17) is 10.8 Å². The van der Waals surface area contributed by atoms with Gasteiger partial charge in [-0.05, 0) is 17.7 Å². The Hall–Kier alpha value is -0.580. The Morgan fingerprint density at radius 2 is 2.21 bits per heavy atom. The van der Waals surface area contributed by atoms with Gasteiger partial charge in [-0.15, -0.1) is 11.3 Å². The van der Waals surface area contributed by atoms with Gasteiger partial charge >= 0.3 is 0 Å². The highest BCUT2D eigenvalue weighted by Crippen LogP contribution is 2.33. The molecule has 0 saturated heterocycles. The highest BCUT2D eigenvalue weighted by atomic mass is 79.9. The van der Waals surface area contributed by atoms with Gasteiger partial charge in [0.25, 0.3) is 0 Å². The number of hydrogen-bond donors (Lipinski definition) is 2. The molecule has 0 aliphatic rings. The molecule has 2 aromatic rings. The number of benzene rings is 1. The van der Waals surface area contributed by atoms with Crippen LogP contribution in [-0.2, 0) is 11.9 Å². The molecule has 0 aliphatic heterocycles. The van der Waals surface area contributed by atoms with E-state index >= 15 is 0 Å². The minimum absolute atomic E-state index is 0.0685. The summed E-state index contributed by atoms with van der Waals surface area (Å²) in [5.74, 6) is 0. The largest absolute Gasteiger partial charge is 0.398 e. The lowest BCUT2D eigenvalue weighted by Crippen LogP contribution is -1.88. The Morgan fingerprint density at radius 1 is 1.43 bits per heavy atom. The average molecular weight is 272 g/mol. The molecule has 3 N–H and O–H groups in total. The number of nitrogen functional groups attached to an aromatic ring is 1. The molecular formula is C10H10BrNOS. The average Bonchev–Trinajstić information content (AvgIpc) is 2.63. The van der Waals surface area contributed by atoms with Crippen LogP contribution in [-0.4, -0.2) is 5.11 Å². The second-order valence-electron chi connectivity index (χ2n) is 3.06. The molecule has 2 nitrogen and oxygen atoms in total. The number of thiophene rings is 1. The second-order valence-corrected chi connectivity index (χ2v) is 4.76. The lowest BCUT2D eigenvalue weighted by molar-refractivity contribution is 0.283. The summed E-state index contributed by atoms with van der Waals surface area (Å²) in [4.78, 5) is 1.23. The summed E-state index contributed by atoms with van der Waals surface area (Å²) in [5.41, 5.74) is 7.59. The highest BCUT2D eigenvalue weighted by Gasteiger charge is 2.07. The molecular weight excluding hydrogens is 262 g/mol. The number of aliphatic hydroxyl groups excluding tert-OH is 1. The molecule has 0 amide bonds. The standard InChI is InChI=1S/C10H10BrNOS/c11-4-7-3-8-9(12)2-1-6(5-13)10(8)14-7/h1-3,13H,4-5,12H2. The van der Waals surface area contributed by atoms with Crippen LogP contribution in [0.15, 0.2) is 18.2 Å². The first kappa shape index (κ1) is 9.96. The maximum atomic E-state index is 9.16. The number of fused-ring (bicyclic) bond motifs is 1. The van der Waals surface area contributed by atoms with Crippen molar-refractivity contribution in [2.24, 2.45) is 0 Å². The van der Waals surface area contributed by atoms with Gasteiger partial charge in [-0.2, -0.15) is 0 Å². The zero-order chi connectivity index (χ0) is 10.1. The van der Waals surface area contributed by atoms with Crippen molar-refractivity contribution >= 4 is 43.0 Å². The molecule has 1 aromatic heterocycles. The third-order valence-electron chi connectivity index (χ3n) is 2.15. The summed E-state index contributed by atoms with van der Waals surface area (Å²) in [6.45, 7) is 0.0685. The molecule has 0 unspecified atom stereocenters. The number of anilines is 1. The summed E-state index contributed by atoms with van der Waals surface area (Å²) < 4.78 is 1.10. The normalized spacial score (nSPS) is 11.0. The summed E-state index contributed by atoms with van der Waals surface area (Å²) in [6, 6.07) is 5.80. The lowest BCUT2D eigenvalue weighted by atomic mass is 10.1. The fourth-order valence-electron chi connectivity index (χ4n) is 1.44. The van der Waals surface area contributed by atoms with E-state index in [1.165, 1.54) is 4.88 Å². The van der Waals surface area contributed by atoms with Crippen molar-refractivity contribution in [3.63, 3.8) is 0 Å². The van der Waals surface area contributed by atoms with E-state index in [1.54, 1.807) is 11.3 Å². The third-order valence-corrected chi connectivity index (χ3v) is 4.34. The number of rotatable bonds is 2. The van der Waals surface area contributed by atoms with Crippen molar-refractivity contribution in [2.45, 2.75) is 11.9 Å². The second kappa shape index (κ2) is 3.88. The van der Waals surface area contributed by atoms with E-state index in [9.17, 15) is 0 Å². The van der Waals surface area contributed by atoms with Gasteiger partial charge in [0, 0.05) is 26.0 Å². The summed E-state index contributed by atoms with van der Waals surface area (Å²) in [5, 5.41) is 11.0. The van der Waals surface area contributed by atoms with Crippen molar-refractivity contribution in [1.29, 1.82) is 0 Å². The van der Waals surface area contributed by atoms with Crippen molar-refractivity contribution in [3.05, 3.63) is 28.6 Å². The molecule has 74 valence electrons. The van der Waals surface area contributed by atoms with Gasteiger partial charge in [0.15, 0.2) is 0 Å². The fraction of sp³-hybridized carbons (Fsp3) is 0.200. The zero-order valence-electron chi connectivity index (χ0n) is 7.46. The monoisotopic (exact) mass is 271 g/mol. The van der Waals surface area contributed by atoms with E-state index in [0.717, 1.165) is 26.7 Å². The SMILES string of the molecule is Nc1ccc(CO)c2sc(CBr)cc12. The van der Waals surface area contributed by atoms with Crippen LogP contribution in [0.4, 0.5) is 5.69 Å². The number of nitrogens with two attached hydrogens (primary N) is 1. The van der Waals surface area contributed by atoms with Gasteiger partial charge in [-0.1, -0.05) is 22.0 Å². The highest BCUT2D eigenvalue weighted by molar-refractivity contribution is 9.08. The van der Waals surface area contributed by atoms with Crippen LogP contribution >= 0.6 is 27.3 Å². The van der Waals surface area contributed by atoms with E-state index in [0.29, 0.717) is 0 Å². The quantitative estimate of drug-likeness (QED) is 0.652. The van der Waals surface area contributed by atoms with Crippen LogP contribution in [0.5, 0.6) is 0 Å². The maximum absolute atomic E-state index is 9.16. The maximum Gasteiger partial charge on any atom is 0.0695 e. The van der Waals surface area contributed by atoms with E-state index in [-0.39, 0.29) is 6.61 Å². The van der Waals surface area contributed by atoms with Crippen molar-refractivity contribution in [1.82, 2.24) is 0 Å². The smallest absolute Gasteiger partial charge is 0.0695 e. The van der Waals surface area contributed by atoms with Gasteiger partial charge in [0.2, 0.25) is 0 Å². The number of alkyl halides is 1. The molecule has 0 fully saturated rings. The third kappa shape index (κ3) is 1.54. The molecule has 1 aromatic carbocycles. The van der Waals surface area contributed by atoms with Gasteiger partial charge < -0.3 is 10.8 Å². The molecule has 14 heavy (non-hydrogen) atoms. The summed E-state index contributed by atoms with van der Waals surface area (Å²) in [7, 11) is 0. The predicted octanol–water partition coefficient (Wildman–Crippen LogP) is 2.87. The van der Waals surface area contributed by atoms with Crippen molar-refractivity contribution in [2.75, 3.05) is 5.73 Å². The first-order chi connectivity index (χ1) is 6.76. The van der Waals surface area contributed by atoms with Crippen LogP contribution in [0.2, 0.25) is 0 Å². The van der Waals surface area contributed by atoms with Crippen LogP contribution in [0, 0.1) is 0 Å².